The van der Waals surface area contributed by atoms with Gasteiger partial charge in [0.15, 0.2) is 0 Å². The summed E-state index contributed by atoms with van der Waals surface area (Å²) in [6.45, 7) is 0. The third-order valence-corrected chi connectivity index (χ3v) is 4.11. The summed E-state index contributed by atoms with van der Waals surface area (Å²) in [5, 5.41) is 9.58. The summed E-state index contributed by atoms with van der Waals surface area (Å²) >= 11 is 0. The lowest BCUT2D eigenvalue weighted by molar-refractivity contribution is -0.143. The van der Waals surface area contributed by atoms with Crippen LogP contribution in [0.3, 0.4) is 0 Å². The molecule has 138 valence electrons. The summed E-state index contributed by atoms with van der Waals surface area (Å²) < 4.78 is 77.4. The molecule has 0 aliphatic carbocycles. The van der Waals surface area contributed by atoms with Gasteiger partial charge in [-0.25, -0.2) is 9.18 Å². The van der Waals surface area contributed by atoms with E-state index in [0.717, 1.165) is 36.4 Å². The van der Waals surface area contributed by atoms with E-state index in [9.17, 15) is 35.9 Å². The van der Waals surface area contributed by atoms with Crippen molar-refractivity contribution >= 4 is 16.5 Å². The largest absolute Gasteiger partial charge is 0.479 e. The zero-order valence-electron chi connectivity index (χ0n) is 12.9. The average molecular weight is 389 g/mol. The predicted molar refractivity (Wildman–Crippen MR) is 82.2 cm³/mol. The first-order valence-electron chi connectivity index (χ1n) is 7.03. The minimum Gasteiger partial charge on any atom is -0.479 e. The smallest absolute Gasteiger partial charge is 0.416 e. The van der Waals surface area contributed by atoms with Crippen LogP contribution in [-0.2, 0) is 33.4 Å². The minimum absolute atomic E-state index is 0.0397. The second-order valence-corrected chi connectivity index (χ2v) is 5.94. The number of carbonyl (C=O) groups is 1. The van der Waals surface area contributed by atoms with Crippen LogP contribution in [0.2, 0.25) is 0 Å². The molecule has 0 bridgehead atoms. The molecule has 1 atom stereocenters. The Labute approximate surface area is 146 Å². The molecule has 0 aliphatic heterocycles. The molecule has 0 radical (unpaired) electrons. The van der Waals surface area contributed by atoms with E-state index in [1.165, 1.54) is 12.1 Å². The molecule has 0 heterocycles. The standard InChI is InChI=1S/C16H11F4NO4S/c17-13-4-2-1-3-12(13)15(14(22)23,21-26(24)25)9-10-5-7-11(8-6-10)16(18,19)20/h1-8H,9H2,(H,22,23). The van der Waals surface area contributed by atoms with Gasteiger partial charge in [-0.3, -0.25) is 0 Å². The van der Waals surface area contributed by atoms with Gasteiger partial charge in [0.25, 0.3) is 0 Å². The van der Waals surface area contributed by atoms with Crippen molar-refractivity contribution in [3.8, 4) is 0 Å². The molecule has 2 aromatic rings. The third kappa shape index (κ3) is 4.07. The number of rotatable bonds is 5. The Hall–Kier alpha value is -2.75. The van der Waals surface area contributed by atoms with E-state index in [2.05, 4.69) is 4.36 Å². The number of halogens is 4. The first kappa shape index (κ1) is 19.6. The Morgan fingerprint density at radius 1 is 1.04 bits per heavy atom. The zero-order valence-corrected chi connectivity index (χ0v) is 13.7. The molecule has 2 rings (SSSR count). The Morgan fingerprint density at radius 2 is 1.62 bits per heavy atom. The molecule has 10 heteroatoms. The second-order valence-electron chi connectivity index (χ2n) is 5.33. The van der Waals surface area contributed by atoms with Gasteiger partial charge in [0.2, 0.25) is 5.54 Å². The maximum Gasteiger partial charge on any atom is 0.416 e. The van der Waals surface area contributed by atoms with E-state index in [0.29, 0.717) is 0 Å². The van der Waals surface area contributed by atoms with Crippen molar-refractivity contribution < 1.29 is 35.9 Å². The van der Waals surface area contributed by atoms with Crippen molar-refractivity contribution in [3.63, 3.8) is 0 Å². The van der Waals surface area contributed by atoms with Gasteiger partial charge in [-0.1, -0.05) is 30.3 Å². The molecule has 0 fully saturated rings. The van der Waals surface area contributed by atoms with E-state index in [1.807, 2.05) is 0 Å². The van der Waals surface area contributed by atoms with Gasteiger partial charge < -0.3 is 5.11 Å². The van der Waals surface area contributed by atoms with Crippen LogP contribution in [0.5, 0.6) is 0 Å². The van der Waals surface area contributed by atoms with E-state index < -0.39 is 51.5 Å². The van der Waals surface area contributed by atoms with Crippen LogP contribution in [0.15, 0.2) is 52.9 Å². The van der Waals surface area contributed by atoms with E-state index >= 15 is 0 Å². The number of carboxylic acids is 1. The molecule has 0 spiro atoms. The average Bonchev–Trinajstić information content (AvgIpc) is 2.53. The quantitative estimate of drug-likeness (QED) is 0.794. The van der Waals surface area contributed by atoms with Crippen LogP contribution >= 0.6 is 0 Å². The van der Waals surface area contributed by atoms with Gasteiger partial charge in [-0.2, -0.15) is 21.6 Å². The molecular weight excluding hydrogens is 378 g/mol. The molecular formula is C16H11F4NO4S. The van der Waals surface area contributed by atoms with E-state index in [-0.39, 0.29) is 5.56 Å². The maximum atomic E-state index is 14.1. The Balaban J connectivity index is 2.61. The number of nitrogens with zero attached hydrogens (tertiary/aromatic N) is 1. The van der Waals surface area contributed by atoms with Gasteiger partial charge in [-0.15, -0.1) is 4.36 Å². The van der Waals surface area contributed by atoms with Gasteiger partial charge in [0, 0.05) is 12.0 Å². The minimum atomic E-state index is -4.59. The van der Waals surface area contributed by atoms with Crippen LogP contribution in [0.1, 0.15) is 16.7 Å². The zero-order chi connectivity index (χ0) is 19.5. The first-order valence-corrected chi connectivity index (χ1v) is 8.06. The number of hydrogen-bond donors (Lipinski definition) is 1. The number of aliphatic carboxylic acids is 1. The van der Waals surface area contributed by atoms with Crippen LogP contribution in [0.25, 0.3) is 0 Å². The Morgan fingerprint density at radius 3 is 2.08 bits per heavy atom. The molecule has 0 aliphatic rings. The fraction of sp³-hybridized carbons (Fsp3) is 0.188. The topological polar surface area (TPSA) is 83.8 Å². The number of carboxylic acid groups (broad SMARTS) is 1. The van der Waals surface area contributed by atoms with Crippen molar-refractivity contribution in [2.45, 2.75) is 18.1 Å². The highest BCUT2D eigenvalue weighted by molar-refractivity contribution is 7.61. The lowest BCUT2D eigenvalue weighted by atomic mass is 9.84. The SMILES string of the molecule is O=C(O)C(Cc1ccc(C(F)(F)F)cc1)(N=S(=O)=O)c1ccccc1F. The van der Waals surface area contributed by atoms with Gasteiger partial charge in [-0.05, 0) is 23.8 Å². The summed E-state index contributed by atoms with van der Waals surface area (Å²) in [6.07, 6.45) is -5.25. The van der Waals surface area contributed by atoms with Crippen LogP contribution in [0, 0.1) is 5.82 Å². The Kier molecular flexibility index (Phi) is 5.45. The third-order valence-electron chi connectivity index (χ3n) is 3.64. The van der Waals surface area contributed by atoms with Crippen molar-refractivity contribution in [1.29, 1.82) is 0 Å². The summed E-state index contributed by atoms with van der Waals surface area (Å²) in [4.78, 5) is 11.8. The number of hydrogen-bond acceptors (Lipinski definition) is 4. The Bertz CT molecular complexity index is 947. The van der Waals surface area contributed by atoms with Gasteiger partial charge in [0.05, 0.1) is 5.56 Å². The van der Waals surface area contributed by atoms with E-state index in [1.54, 1.807) is 0 Å². The number of alkyl halides is 3. The second kappa shape index (κ2) is 7.24. The summed E-state index contributed by atoms with van der Waals surface area (Å²) in [6, 6.07) is 7.99. The number of benzene rings is 2. The molecule has 1 N–H and O–H groups in total. The van der Waals surface area contributed by atoms with Crippen molar-refractivity contribution in [2.24, 2.45) is 4.36 Å². The van der Waals surface area contributed by atoms with Crippen molar-refractivity contribution in [3.05, 3.63) is 71.0 Å². The fourth-order valence-corrected chi connectivity index (χ4v) is 2.93. The summed E-state index contributed by atoms with van der Waals surface area (Å²) in [7, 11) is -3.21. The van der Waals surface area contributed by atoms with E-state index in [4.69, 9.17) is 0 Å². The van der Waals surface area contributed by atoms with Crippen LogP contribution in [0.4, 0.5) is 17.6 Å². The molecule has 0 saturated carbocycles. The van der Waals surface area contributed by atoms with Crippen molar-refractivity contribution in [2.75, 3.05) is 0 Å². The van der Waals surface area contributed by atoms with Gasteiger partial charge in [0.1, 0.15) is 5.82 Å². The highest BCUT2D eigenvalue weighted by Crippen LogP contribution is 2.34. The molecule has 2 aromatic carbocycles. The summed E-state index contributed by atoms with van der Waals surface area (Å²) in [5.74, 6) is -2.76. The first-order chi connectivity index (χ1) is 12.1. The highest BCUT2D eigenvalue weighted by atomic mass is 32.2. The van der Waals surface area contributed by atoms with Gasteiger partial charge >= 0.3 is 22.6 Å². The monoisotopic (exact) mass is 389 g/mol. The molecule has 0 aromatic heterocycles. The highest BCUT2D eigenvalue weighted by Gasteiger charge is 2.44. The molecule has 0 amide bonds. The fourth-order valence-electron chi connectivity index (χ4n) is 2.44. The molecule has 1 unspecified atom stereocenters. The molecule has 5 nitrogen and oxygen atoms in total. The van der Waals surface area contributed by atoms with Crippen LogP contribution < -0.4 is 0 Å². The normalized spacial score (nSPS) is 13.7. The predicted octanol–water partition coefficient (Wildman–Crippen LogP) is 3.43. The van der Waals surface area contributed by atoms with Crippen molar-refractivity contribution in [1.82, 2.24) is 0 Å². The summed E-state index contributed by atoms with van der Waals surface area (Å²) in [5.41, 5.74) is -3.98. The lowest BCUT2D eigenvalue weighted by Crippen LogP contribution is -2.37. The lowest BCUT2D eigenvalue weighted by Gasteiger charge is -2.24. The molecule has 26 heavy (non-hydrogen) atoms. The molecule has 0 saturated heterocycles. The maximum absolute atomic E-state index is 14.1. The van der Waals surface area contributed by atoms with Crippen LogP contribution in [-0.4, -0.2) is 19.5 Å².